The molecular weight excluding hydrogens is 204 g/mol. The fourth-order valence-corrected chi connectivity index (χ4v) is 3.12. The molecule has 0 aromatic rings. The molecule has 0 aromatic carbocycles. The van der Waals surface area contributed by atoms with Crippen LogP contribution in [0.5, 0.6) is 0 Å². The highest BCUT2D eigenvalue weighted by molar-refractivity contribution is 5.83. The van der Waals surface area contributed by atoms with E-state index >= 15 is 0 Å². The second kappa shape index (κ2) is 4.00. The molecular formula is C12H20N2O2. The van der Waals surface area contributed by atoms with E-state index in [-0.39, 0.29) is 0 Å². The Hall–Kier alpha value is -0.610. The fraction of sp³-hybridized carbons (Fsp3) is 0.917. The molecule has 90 valence electrons. The molecule has 0 aromatic heterocycles. The first-order chi connectivity index (χ1) is 7.82. The summed E-state index contributed by atoms with van der Waals surface area (Å²) in [5, 5.41) is 3.38. The van der Waals surface area contributed by atoms with Crippen molar-refractivity contribution in [3.05, 3.63) is 0 Å². The third kappa shape index (κ3) is 1.74. The van der Waals surface area contributed by atoms with Crippen LogP contribution in [0.25, 0.3) is 0 Å². The van der Waals surface area contributed by atoms with E-state index in [1.54, 1.807) is 0 Å². The van der Waals surface area contributed by atoms with Gasteiger partial charge < -0.3 is 15.0 Å². The normalized spacial score (nSPS) is 38.8. The molecule has 16 heavy (non-hydrogen) atoms. The third-order valence-electron chi connectivity index (χ3n) is 4.30. The Balaban J connectivity index is 1.60. The molecule has 2 saturated heterocycles. The largest absolute Gasteiger partial charge is 0.380 e. The highest BCUT2D eigenvalue weighted by atomic mass is 16.5. The van der Waals surface area contributed by atoms with E-state index in [4.69, 9.17) is 4.74 Å². The number of rotatable bonds is 1. The SMILES string of the molecule is O=C(C1CC12CCNC2)N1CCCOCC1. The Labute approximate surface area is 96.3 Å². The maximum atomic E-state index is 12.3. The zero-order chi connectivity index (χ0) is 11.0. The van der Waals surface area contributed by atoms with Gasteiger partial charge in [0.2, 0.25) is 5.91 Å². The fourth-order valence-electron chi connectivity index (χ4n) is 3.12. The first kappa shape index (κ1) is 10.5. The minimum Gasteiger partial charge on any atom is -0.380 e. The second-order valence-corrected chi connectivity index (χ2v) is 5.34. The van der Waals surface area contributed by atoms with E-state index in [0.29, 0.717) is 23.8 Å². The van der Waals surface area contributed by atoms with Gasteiger partial charge in [-0.05, 0) is 31.2 Å². The van der Waals surface area contributed by atoms with Crippen LogP contribution in [0.4, 0.5) is 0 Å². The number of nitrogens with one attached hydrogen (secondary N) is 1. The first-order valence-corrected chi connectivity index (χ1v) is 6.39. The zero-order valence-electron chi connectivity index (χ0n) is 9.71. The van der Waals surface area contributed by atoms with E-state index in [1.807, 2.05) is 4.90 Å². The van der Waals surface area contributed by atoms with Crippen molar-refractivity contribution in [1.29, 1.82) is 0 Å². The van der Waals surface area contributed by atoms with Gasteiger partial charge in [0, 0.05) is 32.2 Å². The highest BCUT2D eigenvalue weighted by Crippen LogP contribution is 2.57. The van der Waals surface area contributed by atoms with Crippen LogP contribution in [0.15, 0.2) is 0 Å². The van der Waals surface area contributed by atoms with E-state index in [1.165, 1.54) is 6.42 Å². The molecule has 2 heterocycles. The van der Waals surface area contributed by atoms with Gasteiger partial charge in [-0.1, -0.05) is 0 Å². The van der Waals surface area contributed by atoms with Gasteiger partial charge in [-0.2, -0.15) is 0 Å². The van der Waals surface area contributed by atoms with Crippen molar-refractivity contribution in [1.82, 2.24) is 10.2 Å². The third-order valence-corrected chi connectivity index (χ3v) is 4.30. The number of carbonyl (C=O) groups excluding carboxylic acids is 1. The molecule has 1 amide bonds. The monoisotopic (exact) mass is 224 g/mol. The van der Waals surface area contributed by atoms with E-state index in [9.17, 15) is 4.79 Å². The van der Waals surface area contributed by atoms with Crippen LogP contribution in [0.1, 0.15) is 19.3 Å². The summed E-state index contributed by atoms with van der Waals surface area (Å²) < 4.78 is 5.39. The summed E-state index contributed by atoms with van der Waals surface area (Å²) >= 11 is 0. The van der Waals surface area contributed by atoms with Crippen LogP contribution in [0, 0.1) is 11.3 Å². The number of hydrogen-bond donors (Lipinski definition) is 1. The van der Waals surface area contributed by atoms with Crippen molar-refractivity contribution in [3.63, 3.8) is 0 Å². The molecule has 1 saturated carbocycles. The summed E-state index contributed by atoms with van der Waals surface area (Å²) in [6.07, 6.45) is 3.29. The molecule has 1 N–H and O–H groups in total. The van der Waals surface area contributed by atoms with Gasteiger partial charge in [-0.25, -0.2) is 0 Å². The summed E-state index contributed by atoms with van der Waals surface area (Å²) in [5.41, 5.74) is 0.338. The maximum Gasteiger partial charge on any atom is 0.226 e. The molecule has 3 rings (SSSR count). The van der Waals surface area contributed by atoms with Crippen molar-refractivity contribution >= 4 is 5.91 Å². The van der Waals surface area contributed by atoms with Gasteiger partial charge in [0.1, 0.15) is 0 Å². The Morgan fingerprint density at radius 2 is 2.31 bits per heavy atom. The molecule has 4 nitrogen and oxygen atoms in total. The quantitative estimate of drug-likeness (QED) is 0.693. The zero-order valence-corrected chi connectivity index (χ0v) is 9.71. The van der Waals surface area contributed by atoms with Gasteiger partial charge in [0.15, 0.2) is 0 Å². The van der Waals surface area contributed by atoms with Crippen LogP contribution < -0.4 is 5.32 Å². The molecule has 0 bridgehead atoms. The predicted molar refractivity (Wildman–Crippen MR) is 60.0 cm³/mol. The average molecular weight is 224 g/mol. The Kier molecular flexibility index (Phi) is 2.64. The van der Waals surface area contributed by atoms with Crippen molar-refractivity contribution in [2.75, 3.05) is 39.4 Å². The lowest BCUT2D eigenvalue weighted by Crippen LogP contribution is -2.36. The van der Waals surface area contributed by atoms with Crippen molar-refractivity contribution in [3.8, 4) is 0 Å². The lowest BCUT2D eigenvalue weighted by molar-refractivity contribution is -0.133. The van der Waals surface area contributed by atoms with Gasteiger partial charge in [0.05, 0.1) is 6.61 Å². The number of nitrogens with zero attached hydrogens (tertiary/aromatic N) is 1. The number of ether oxygens (including phenoxy) is 1. The molecule has 0 radical (unpaired) electrons. The van der Waals surface area contributed by atoms with Gasteiger partial charge >= 0.3 is 0 Å². The van der Waals surface area contributed by atoms with E-state index in [0.717, 1.165) is 45.6 Å². The van der Waals surface area contributed by atoms with Crippen molar-refractivity contribution in [2.24, 2.45) is 11.3 Å². The molecule has 2 unspecified atom stereocenters. The van der Waals surface area contributed by atoms with E-state index < -0.39 is 0 Å². The Morgan fingerprint density at radius 1 is 1.38 bits per heavy atom. The molecule has 3 aliphatic rings. The molecule has 1 spiro atoms. The Bertz CT molecular complexity index is 272. The van der Waals surface area contributed by atoms with Crippen LogP contribution in [-0.4, -0.2) is 50.2 Å². The molecule has 3 fully saturated rings. The molecule has 1 aliphatic carbocycles. The molecule has 2 aliphatic heterocycles. The van der Waals surface area contributed by atoms with Crippen molar-refractivity contribution in [2.45, 2.75) is 19.3 Å². The van der Waals surface area contributed by atoms with E-state index in [2.05, 4.69) is 5.32 Å². The summed E-state index contributed by atoms with van der Waals surface area (Å²) in [6, 6.07) is 0. The van der Waals surface area contributed by atoms with Gasteiger partial charge in [-0.15, -0.1) is 0 Å². The smallest absolute Gasteiger partial charge is 0.226 e. The van der Waals surface area contributed by atoms with Crippen LogP contribution in [-0.2, 0) is 9.53 Å². The number of carbonyl (C=O) groups is 1. The summed E-state index contributed by atoms with van der Waals surface area (Å²) in [4.78, 5) is 14.3. The molecule has 2 atom stereocenters. The van der Waals surface area contributed by atoms with Crippen LogP contribution in [0.2, 0.25) is 0 Å². The highest BCUT2D eigenvalue weighted by Gasteiger charge is 2.59. The predicted octanol–water partition coefficient (Wildman–Crippen LogP) is 0.235. The van der Waals surface area contributed by atoms with Crippen molar-refractivity contribution < 1.29 is 9.53 Å². The van der Waals surface area contributed by atoms with Gasteiger partial charge in [0.25, 0.3) is 0 Å². The topological polar surface area (TPSA) is 41.6 Å². The standard InChI is InChI=1S/C12H20N2O2/c15-11(14-4-1-6-16-7-5-14)10-8-12(10)2-3-13-9-12/h10,13H,1-9H2. The minimum atomic E-state index is 0.306. The number of amides is 1. The first-order valence-electron chi connectivity index (χ1n) is 6.39. The lowest BCUT2D eigenvalue weighted by atomic mass is 10.0. The summed E-state index contributed by atoms with van der Waals surface area (Å²) in [5.74, 6) is 0.690. The lowest BCUT2D eigenvalue weighted by Gasteiger charge is -2.20. The number of hydrogen-bond acceptors (Lipinski definition) is 3. The van der Waals surface area contributed by atoms with Crippen LogP contribution in [0.3, 0.4) is 0 Å². The molecule has 4 heteroatoms. The maximum absolute atomic E-state index is 12.3. The van der Waals surface area contributed by atoms with Crippen LogP contribution >= 0.6 is 0 Å². The summed E-state index contributed by atoms with van der Waals surface area (Å²) in [6.45, 7) is 5.34. The van der Waals surface area contributed by atoms with Gasteiger partial charge in [-0.3, -0.25) is 4.79 Å². The second-order valence-electron chi connectivity index (χ2n) is 5.34. The average Bonchev–Trinajstić information content (AvgIpc) is 2.89. The Morgan fingerprint density at radius 3 is 3.12 bits per heavy atom. The summed E-state index contributed by atoms with van der Waals surface area (Å²) in [7, 11) is 0. The minimum absolute atomic E-state index is 0.306.